The number of benzene rings is 1. The molecule has 5 atom stereocenters. The number of aryl methyl sites for hydroxylation is 2. The van der Waals surface area contributed by atoms with Crippen LogP contribution >= 0.6 is 0 Å². The third-order valence-corrected chi connectivity index (χ3v) is 7.25. The van der Waals surface area contributed by atoms with E-state index in [4.69, 9.17) is 16.2 Å². The first-order valence-corrected chi connectivity index (χ1v) is 10.7. The van der Waals surface area contributed by atoms with Gasteiger partial charge >= 0.3 is 5.97 Å². The van der Waals surface area contributed by atoms with Crippen LogP contribution in [0.1, 0.15) is 41.3 Å². The van der Waals surface area contributed by atoms with E-state index in [2.05, 4.69) is 9.98 Å². The summed E-state index contributed by atoms with van der Waals surface area (Å²) in [5.41, 5.74) is 14.0. The van der Waals surface area contributed by atoms with Gasteiger partial charge in [-0.3, -0.25) is 5.21 Å². The summed E-state index contributed by atoms with van der Waals surface area (Å²) in [6, 6.07) is 4.46. The number of nitrogens with zero attached hydrogens (tertiary/aromatic N) is 4. The molecule has 0 bridgehead atoms. The van der Waals surface area contributed by atoms with Gasteiger partial charge in [0.25, 0.3) is 0 Å². The lowest BCUT2D eigenvalue weighted by Gasteiger charge is -2.48. The van der Waals surface area contributed by atoms with Crippen molar-refractivity contribution in [2.24, 2.45) is 27.4 Å². The second kappa shape index (κ2) is 7.10. The first kappa shape index (κ1) is 20.1. The van der Waals surface area contributed by atoms with Gasteiger partial charge in [0.15, 0.2) is 11.6 Å². The fourth-order valence-electron chi connectivity index (χ4n) is 5.64. The van der Waals surface area contributed by atoms with Gasteiger partial charge in [-0.2, -0.15) is 5.06 Å². The zero-order chi connectivity index (χ0) is 21.9. The zero-order valence-corrected chi connectivity index (χ0v) is 17.4. The van der Waals surface area contributed by atoms with Crippen molar-refractivity contribution in [2.75, 3.05) is 13.2 Å². The average Bonchev–Trinajstić information content (AvgIpc) is 3.22. The summed E-state index contributed by atoms with van der Waals surface area (Å²) in [7, 11) is 0. The molecule has 1 fully saturated rings. The van der Waals surface area contributed by atoms with E-state index in [0.29, 0.717) is 5.56 Å². The number of carbonyl (C=O) groups excluding carboxylic acids is 1. The predicted octanol–water partition coefficient (Wildman–Crippen LogP) is -0.184. The number of rotatable bonds is 3. The minimum atomic E-state index is -1.16. The highest BCUT2D eigenvalue weighted by molar-refractivity contribution is 5.90. The maximum atomic E-state index is 13.0. The Bertz CT molecular complexity index is 981. The SMILES string of the molecule is C[C@@H]1[C@@H](OC(=O)c2ccc3c(c2)CCCC3)CN2C(N)=NC(CO)C3N=C(N)N(O)C312. The molecular formula is C21H28N6O4. The Morgan fingerprint density at radius 2 is 1.97 bits per heavy atom. The molecule has 0 aromatic heterocycles. The van der Waals surface area contributed by atoms with Gasteiger partial charge in [-0.25, -0.2) is 14.8 Å². The number of aliphatic imine (C=N–C) groups is 2. The van der Waals surface area contributed by atoms with Crippen LogP contribution in [0.25, 0.3) is 0 Å². The number of hydrogen-bond donors (Lipinski definition) is 4. The third kappa shape index (κ3) is 2.74. The molecule has 4 aliphatic rings. The molecule has 1 saturated heterocycles. The van der Waals surface area contributed by atoms with E-state index in [9.17, 15) is 15.1 Å². The standard InChI is InChI=1S/C21H28N6O4/c1-11-16(31-18(29)14-7-6-12-4-2-3-5-13(12)8-14)9-26-19(22)24-15(10-28)17-21(11,26)27(30)20(23)25-17/h6-8,11,15-17,28,30H,2-5,9-10H2,1H3,(H2,22,24)(H2,23,25)/t11-,15?,16+,17?,21?/m1/s1. The molecule has 1 aromatic rings. The van der Waals surface area contributed by atoms with Crippen LogP contribution in [0.15, 0.2) is 28.2 Å². The van der Waals surface area contributed by atoms with Gasteiger partial charge in [0.1, 0.15) is 18.2 Å². The molecule has 10 heteroatoms. The van der Waals surface area contributed by atoms with Crippen LogP contribution in [0, 0.1) is 5.92 Å². The highest BCUT2D eigenvalue weighted by Gasteiger charge is 2.68. The number of hydroxylamine groups is 2. The molecule has 1 spiro atoms. The smallest absolute Gasteiger partial charge is 0.338 e. The van der Waals surface area contributed by atoms with Gasteiger partial charge in [0.2, 0.25) is 5.96 Å². The molecular weight excluding hydrogens is 400 g/mol. The Labute approximate surface area is 180 Å². The van der Waals surface area contributed by atoms with Crippen molar-refractivity contribution in [3.8, 4) is 0 Å². The molecule has 3 aliphatic heterocycles. The van der Waals surface area contributed by atoms with Gasteiger partial charge in [0, 0.05) is 5.92 Å². The molecule has 3 unspecified atom stereocenters. The molecule has 5 rings (SSSR count). The van der Waals surface area contributed by atoms with E-state index in [1.54, 1.807) is 4.90 Å². The predicted molar refractivity (Wildman–Crippen MR) is 112 cm³/mol. The normalized spacial score (nSPS) is 33.9. The second-order valence-electron chi connectivity index (χ2n) is 8.80. The van der Waals surface area contributed by atoms with Crippen molar-refractivity contribution < 1.29 is 19.8 Å². The third-order valence-electron chi connectivity index (χ3n) is 7.25. The summed E-state index contributed by atoms with van der Waals surface area (Å²) < 4.78 is 5.91. The lowest BCUT2D eigenvalue weighted by Crippen LogP contribution is -2.71. The number of aliphatic hydroxyl groups excluding tert-OH is 1. The lowest BCUT2D eigenvalue weighted by atomic mass is 9.83. The molecule has 0 amide bonds. The highest BCUT2D eigenvalue weighted by Crippen LogP contribution is 2.48. The van der Waals surface area contributed by atoms with Gasteiger partial charge < -0.3 is 26.2 Å². The molecule has 6 N–H and O–H groups in total. The van der Waals surface area contributed by atoms with Crippen LogP contribution in [0.2, 0.25) is 0 Å². The topological polar surface area (TPSA) is 150 Å². The second-order valence-corrected chi connectivity index (χ2v) is 8.80. The average molecular weight is 428 g/mol. The maximum absolute atomic E-state index is 13.0. The van der Waals surface area contributed by atoms with Crippen molar-refractivity contribution >= 4 is 17.9 Å². The van der Waals surface area contributed by atoms with Crippen molar-refractivity contribution in [1.29, 1.82) is 0 Å². The molecule has 0 radical (unpaired) electrons. The van der Waals surface area contributed by atoms with Gasteiger partial charge in [-0.15, -0.1) is 0 Å². The Morgan fingerprint density at radius 3 is 2.71 bits per heavy atom. The summed E-state index contributed by atoms with van der Waals surface area (Å²) >= 11 is 0. The Balaban J connectivity index is 1.43. The largest absolute Gasteiger partial charge is 0.456 e. The minimum Gasteiger partial charge on any atom is -0.456 e. The Morgan fingerprint density at radius 1 is 1.23 bits per heavy atom. The van der Waals surface area contributed by atoms with Crippen LogP contribution < -0.4 is 11.5 Å². The first-order valence-electron chi connectivity index (χ1n) is 10.7. The van der Waals surface area contributed by atoms with Crippen molar-refractivity contribution in [3.63, 3.8) is 0 Å². The van der Waals surface area contributed by atoms with Crippen LogP contribution in [-0.2, 0) is 17.6 Å². The van der Waals surface area contributed by atoms with E-state index in [-0.39, 0.29) is 25.1 Å². The fourth-order valence-corrected chi connectivity index (χ4v) is 5.64. The maximum Gasteiger partial charge on any atom is 0.338 e. The van der Waals surface area contributed by atoms with Crippen molar-refractivity contribution in [2.45, 2.75) is 56.5 Å². The van der Waals surface area contributed by atoms with Gasteiger partial charge in [-0.1, -0.05) is 13.0 Å². The zero-order valence-electron chi connectivity index (χ0n) is 17.4. The molecule has 1 aromatic carbocycles. The lowest BCUT2D eigenvalue weighted by molar-refractivity contribution is -0.170. The van der Waals surface area contributed by atoms with E-state index in [0.717, 1.165) is 24.3 Å². The van der Waals surface area contributed by atoms with E-state index < -0.39 is 35.7 Å². The van der Waals surface area contributed by atoms with Crippen molar-refractivity contribution in [1.82, 2.24) is 9.96 Å². The Hall–Kier alpha value is -2.85. The number of nitrogens with two attached hydrogens (primary N) is 2. The summed E-state index contributed by atoms with van der Waals surface area (Å²) in [6.07, 6.45) is 3.74. The Kier molecular flexibility index (Phi) is 4.60. The number of ether oxygens (including phenoxy) is 1. The van der Waals surface area contributed by atoms with Gasteiger partial charge in [-0.05, 0) is 48.9 Å². The number of hydrogen-bond acceptors (Lipinski definition) is 10. The molecule has 0 saturated carbocycles. The van der Waals surface area contributed by atoms with Crippen LogP contribution in [0.5, 0.6) is 0 Å². The number of carbonyl (C=O) groups is 1. The minimum absolute atomic E-state index is 0.0770. The van der Waals surface area contributed by atoms with Crippen molar-refractivity contribution in [3.05, 3.63) is 34.9 Å². The number of esters is 1. The summed E-state index contributed by atoms with van der Waals surface area (Å²) in [6.45, 7) is 1.81. The number of guanidine groups is 2. The molecule has 10 nitrogen and oxygen atoms in total. The number of fused-ring (bicyclic) bond motifs is 1. The molecule has 166 valence electrons. The van der Waals surface area contributed by atoms with E-state index >= 15 is 0 Å². The van der Waals surface area contributed by atoms with E-state index in [1.807, 2.05) is 25.1 Å². The monoisotopic (exact) mass is 428 g/mol. The molecule has 31 heavy (non-hydrogen) atoms. The molecule has 3 heterocycles. The summed E-state index contributed by atoms with van der Waals surface area (Å²) in [4.78, 5) is 23.4. The first-order chi connectivity index (χ1) is 14.9. The summed E-state index contributed by atoms with van der Waals surface area (Å²) in [5.74, 6) is -0.745. The van der Waals surface area contributed by atoms with Crippen LogP contribution in [-0.4, -0.2) is 75.2 Å². The van der Waals surface area contributed by atoms with Gasteiger partial charge in [0.05, 0.1) is 18.7 Å². The van der Waals surface area contributed by atoms with Crippen LogP contribution in [0.4, 0.5) is 0 Å². The molecule has 1 aliphatic carbocycles. The van der Waals surface area contributed by atoms with Crippen LogP contribution in [0.3, 0.4) is 0 Å². The highest BCUT2D eigenvalue weighted by atomic mass is 16.6. The van der Waals surface area contributed by atoms with E-state index in [1.165, 1.54) is 17.5 Å². The summed E-state index contributed by atoms with van der Waals surface area (Å²) in [5, 5.41) is 21.6. The fraction of sp³-hybridized carbons (Fsp3) is 0.571. The number of aliphatic hydroxyl groups is 1. The quantitative estimate of drug-likeness (QED) is 0.484.